The van der Waals surface area contributed by atoms with Gasteiger partial charge in [-0.1, -0.05) is 12.1 Å². The van der Waals surface area contributed by atoms with Gasteiger partial charge in [0.1, 0.15) is 11.6 Å². The van der Waals surface area contributed by atoms with Crippen LogP contribution in [0.2, 0.25) is 0 Å². The van der Waals surface area contributed by atoms with Gasteiger partial charge in [0.25, 0.3) is 0 Å². The highest BCUT2D eigenvalue weighted by Crippen LogP contribution is 2.24. The van der Waals surface area contributed by atoms with E-state index in [2.05, 4.69) is 20.6 Å². The summed E-state index contributed by atoms with van der Waals surface area (Å²) in [6.07, 6.45) is 2.53. The second-order valence-electron chi connectivity index (χ2n) is 6.05. The van der Waals surface area contributed by atoms with E-state index in [1.165, 1.54) is 6.07 Å². The number of guanidine groups is 1. The number of methoxy groups -OCH3 is 1. The molecule has 0 aliphatic rings. The van der Waals surface area contributed by atoms with Crippen molar-refractivity contribution in [2.24, 2.45) is 4.99 Å². The van der Waals surface area contributed by atoms with Gasteiger partial charge in [-0.2, -0.15) is 0 Å². The number of aromatic nitrogens is 1. The number of halogens is 2. The molecule has 5 nitrogen and oxygen atoms in total. The summed E-state index contributed by atoms with van der Waals surface area (Å²) >= 11 is 0. The molecule has 148 valence electrons. The largest absolute Gasteiger partial charge is 0.496 e. The summed E-state index contributed by atoms with van der Waals surface area (Å²) in [6.45, 7) is 7.87. The molecular formula is C20H28FIN4O. The molecule has 7 heteroatoms. The third-order valence-electron chi connectivity index (χ3n) is 4.08. The van der Waals surface area contributed by atoms with Gasteiger partial charge >= 0.3 is 0 Å². The minimum atomic E-state index is -0.210. The van der Waals surface area contributed by atoms with Crippen LogP contribution >= 0.6 is 24.0 Å². The lowest BCUT2D eigenvalue weighted by molar-refractivity contribution is 0.407. The number of nitrogens with zero attached hydrogens (tertiary/aromatic N) is 2. The van der Waals surface area contributed by atoms with Crippen molar-refractivity contribution in [1.29, 1.82) is 0 Å². The summed E-state index contributed by atoms with van der Waals surface area (Å²) < 4.78 is 18.7. The molecule has 0 unspecified atom stereocenters. The predicted molar refractivity (Wildman–Crippen MR) is 119 cm³/mol. The number of ether oxygens (including phenoxy) is 1. The van der Waals surface area contributed by atoms with Crippen molar-refractivity contribution in [3.63, 3.8) is 0 Å². The Labute approximate surface area is 177 Å². The first-order chi connectivity index (χ1) is 12.5. The van der Waals surface area contributed by atoms with Crippen LogP contribution in [0.5, 0.6) is 5.75 Å². The van der Waals surface area contributed by atoms with E-state index in [4.69, 9.17) is 4.74 Å². The smallest absolute Gasteiger partial charge is 0.191 e. The van der Waals surface area contributed by atoms with Crippen LogP contribution < -0.4 is 15.4 Å². The van der Waals surface area contributed by atoms with E-state index < -0.39 is 0 Å². The van der Waals surface area contributed by atoms with E-state index in [1.54, 1.807) is 25.4 Å². The molecule has 0 saturated carbocycles. The van der Waals surface area contributed by atoms with Crippen LogP contribution in [0.15, 0.2) is 35.5 Å². The van der Waals surface area contributed by atoms with Crippen LogP contribution in [0.3, 0.4) is 0 Å². The average molecular weight is 486 g/mol. The van der Waals surface area contributed by atoms with Crippen LogP contribution in [-0.2, 0) is 13.0 Å². The lowest BCUT2D eigenvalue weighted by atomic mass is 10.1. The van der Waals surface area contributed by atoms with Gasteiger partial charge in [-0.3, -0.25) is 4.98 Å². The number of pyridine rings is 1. The zero-order chi connectivity index (χ0) is 18.9. The summed E-state index contributed by atoms with van der Waals surface area (Å²) in [7, 11) is 1.67. The molecule has 0 bridgehead atoms. The average Bonchev–Trinajstić information content (AvgIpc) is 2.61. The van der Waals surface area contributed by atoms with Crippen molar-refractivity contribution in [3.8, 4) is 5.75 Å². The van der Waals surface area contributed by atoms with Crippen molar-refractivity contribution in [2.75, 3.05) is 20.2 Å². The van der Waals surface area contributed by atoms with Crippen molar-refractivity contribution in [1.82, 2.24) is 15.6 Å². The molecule has 0 aliphatic carbocycles. The van der Waals surface area contributed by atoms with Crippen LogP contribution in [0.4, 0.5) is 4.39 Å². The van der Waals surface area contributed by atoms with Gasteiger partial charge in [0.2, 0.25) is 0 Å². The molecule has 0 fully saturated rings. The van der Waals surface area contributed by atoms with Gasteiger partial charge in [0.05, 0.1) is 19.3 Å². The van der Waals surface area contributed by atoms with Crippen LogP contribution in [0.25, 0.3) is 0 Å². The normalized spacial score (nSPS) is 10.9. The van der Waals surface area contributed by atoms with E-state index in [-0.39, 0.29) is 29.8 Å². The van der Waals surface area contributed by atoms with Gasteiger partial charge < -0.3 is 15.4 Å². The number of aryl methyl sites for hydroxylation is 1. The molecule has 2 rings (SSSR count). The van der Waals surface area contributed by atoms with Gasteiger partial charge in [-0.05, 0) is 44.9 Å². The Hall–Kier alpha value is -1.90. The number of nitrogens with one attached hydrogen (secondary N) is 2. The zero-order valence-corrected chi connectivity index (χ0v) is 18.6. The minimum Gasteiger partial charge on any atom is -0.496 e. The lowest BCUT2D eigenvalue weighted by Crippen LogP contribution is -2.38. The molecule has 0 amide bonds. The maximum atomic E-state index is 13.2. The summed E-state index contributed by atoms with van der Waals surface area (Å²) in [4.78, 5) is 9.07. The summed E-state index contributed by atoms with van der Waals surface area (Å²) in [5, 5.41) is 6.49. The number of benzene rings is 1. The Kier molecular flexibility index (Phi) is 10.1. The maximum absolute atomic E-state index is 13.2. The Bertz CT molecular complexity index is 768. The van der Waals surface area contributed by atoms with Gasteiger partial charge in [-0.25, -0.2) is 9.38 Å². The molecule has 27 heavy (non-hydrogen) atoms. The molecule has 0 spiro atoms. The van der Waals surface area contributed by atoms with Crippen LogP contribution in [0, 0.1) is 19.7 Å². The molecule has 1 heterocycles. The third-order valence-corrected chi connectivity index (χ3v) is 4.08. The summed E-state index contributed by atoms with van der Waals surface area (Å²) in [5.74, 6) is 1.36. The van der Waals surface area contributed by atoms with E-state index in [9.17, 15) is 4.39 Å². The van der Waals surface area contributed by atoms with Crippen molar-refractivity contribution in [2.45, 2.75) is 33.7 Å². The topological polar surface area (TPSA) is 58.5 Å². The number of aliphatic imine (C=N–C) groups is 1. The fourth-order valence-electron chi connectivity index (χ4n) is 2.74. The van der Waals surface area contributed by atoms with E-state index in [1.807, 2.05) is 26.8 Å². The Balaban J connectivity index is 0.00000364. The first kappa shape index (κ1) is 23.1. The Morgan fingerprint density at radius 2 is 2.04 bits per heavy atom. The van der Waals surface area contributed by atoms with Gasteiger partial charge in [0.15, 0.2) is 5.96 Å². The van der Waals surface area contributed by atoms with Crippen LogP contribution in [0.1, 0.15) is 29.3 Å². The van der Waals surface area contributed by atoms with Gasteiger partial charge in [-0.15, -0.1) is 24.0 Å². The predicted octanol–water partition coefficient (Wildman–Crippen LogP) is 3.76. The second-order valence-corrected chi connectivity index (χ2v) is 6.05. The molecule has 0 aliphatic heterocycles. The van der Waals surface area contributed by atoms with Crippen molar-refractivity contribution < 1.29 is 9.13 Å². The minimum absolute atomic E-state index is 0. The summed E-state index contributed by atoms with van der Waals surface area (Å²) in [5.41, 5.74) is 3.86. The van der Waals surface area contributed by atoms with Gasteiger partial charge in [0, 0.05) is 30.4 Å². The van der Waals surface area contributed by atoms with E-state index in [0.717, 1.165) is 41.1 Å². The molecular weight excluding hydrogens is 458 g/mol. The fourth-order valence-corrected chi connectivity index (χ4v) is 2.74. The molecule has 0 radical (unpaired) electrons. The molecule has 2 N–H and O–H groups in total. The highest BCUT2D eigenvalue weighted by Gasteiger charge is 2.09. The monoisotopic (exact) mass is 486 g/mol. The van der Waals surface area contributed by atoms with E-state index in [0.29, 0.717) is 19.0 Å². The molecule has 0 saturated heterocycles. The Morgan fingerprint density at radius 3 is 2.70 bits per heavy atom. The molecule has 1 aromatic carbocycles. The first-order valence-electron chi connectivity index (χ1n) is 8.80. The second kappa shape index (κ2) is 11.7. The molecule has 0 atom stereocenters. The number of rotatable bonds is 7. The standard InChI is InChI=1S/C20H27FN4O.HI/c1-5-22-20(23-10-9-16-7-6-8-17(21)11-16)25-13-18-15(3)19(26-4)14(2)12-24-18;/h6-8,11-12H,5,9-10,13H2,1-4H3,(H2,22,23,25);1H. The maximum Gasteiger partial charge on any atom is 0.191 e. The Morgan fingerprint density at radius 1 is 1.26 bits per heavy atom. The number of hydrogen-bond acceptors (Lipinski definition) is 3. The van der Waals surface area contributed by atoms with E-state index >= 15 is 0 Å². The highest BCUT2D eigenvalue weighted by molar-refractivity contribution is 14.0. The third kappa shape index (κ3) is 6.97. The molecule has 2 aromatic rings. The lowest BCUT2D eigenvalue weighted by Gasteiger charge is -2.13. The van der Waals surface area contributed by atoms with Crippen molar-refractivity contribution in [3.05, 3.63) is 58.7 Å². The highest BCUT2D eigenvalue weighted by atomic mass is 127. The number of hydrogen-bond donors (Lipinski definition) is 2. The quantitative estimate of drug-likeness (QED) is 0.356. The zero-order valence-electron chi connectivity index (χ0n) is 16.3. The van der Waals surface area contributed by atoms with Crippen LogP contribution in [-0.4, -0.2) is 31.1 Å². The fraction of sp³-hybridized carbons (Fsp3) is 0.400. The molecule has 1 aromatic heterocycles. The first-order valence-corrected chi connectivity index (χ1v) is 8.80. The summed E-state index contributed by atoms with van der Waals surface area (Å²) in [6, 6.07) is 6.65. The van der Waals surface area contributed by atoms with Crippen molar-refractivity contribution >= 4 is 29.9 Å². The SMILES string of the molecule is CCNC(=NCc1ncc(C)c(OC)c1C)NCCc1cccc(F)c1.I.